The summed E-state index contributed by atoms with van der Waals surface area (Å²) in [5.74, 6) is 0. The monoisotopic (exact) mass is 287 g/mol. The first-order valence-electron chi connectivity index (χ1n) is 7.09. The van der Waals surface area contributed by atoms with E-state index in [9.17, 15) is 0 Å². The van der Waals surface area contributed by atoms with Crippen LogP contribution in [0.3, 0.4) is 0 Å². The van der Waals surface area contributed by atoms with Gasteiger partial charge in [-0.05, 0) is 0 Å². The number of nitrogens with zero attached hydrogens (tertiary/aromatic N) is 1. The molecule has 0 aliphatic heterocycles. The molecule has 0 unspecified atom stereocenters. The van der Waals surface area contributed by atoms with Crippen molar-refractivity contribution < 1.29 is 0 Å². The topological polar surface area (TPSA) is 3.24 Å². The molecule has 0 rings (SSSR count). The Hall–Kier alpha value is 0.0829. The van der Waals surface area contributed by atoms with Gasteiger partial charge in [0.05, 0.1) is 0 Å². The second-order valence-corrected chi connectivity index (χ2v) is 15.7. The summed E-state index contributed by atoms with van der Waals surface area (Å²) in [7, 11) is 0. The predicted octanol–water partition coefficient (Wildman–Crippen LogP) is 4.67. The Balaban J connectivity index is 5.06. The molecule has 2 heteroatoms. The van der Waals surface area contributed by atoms with E-state index in [4.69, 9.17) is 0 Å². The number of hydrogen-bond acceptors (Lipinski definition) is 1. The van der Waals surface area contributed by atoms with E-state index in [2.05, 4.69) is 52.6 Å². The fraction of sp³-hybridized carbons (Fsp3) is 0.857. The third-order valence-corrected chi connectivity index (χ3v) is 16.6. The Morgan fingerprint density at radius 1 is 0.875 bits per heavy atom. The summed E-state index contributed by atoms with van der Waals surface area (Å²) in [6.45, 7) is 16.4. The first kappa shape index (κ1) is 16.1. The number of rotatable bonds is 8. The summed E-state index contributed by atoms with van der Waals surface area (Å²) in [5, 5.41) is 4.36. The van der Waals surface area contributed by atoms with Crippen LogP contribution in [0.4, 0.5) is 0 Å². The summed E-state index contributed by atoms with van der Waals surface area (Å²) >= 11 is -1.67. The Kier molecular flexibility index (Phi) is 8.26. The van der Waals surface area contributed by atoms with Gasteiger partial charge < -0.3 is 0 Å². The molecular formula is C14H31GeN. The van der Waals surface area contributed by atoms with E-state index >= 15 is 0 Å². The van der Waals surface area contributed by atoms with Crippen LogP contribution in [0.15, 0.2) is 10.6 Å². The van der Waals surface area contributed by atoms with Crippen LogP contribution in [0, 0.1) is 0 Å². The van der Waals surface area contributed by atoms with Crippen molar-refractivity contribution in [3.8, 4) is 0 Å². The Morgan fingerprint density at radius 2 is 1.31 bits per heavy atom. The molecule has 0 bridgehead atoms. The predicted molar refractivity (Wildman–Crippen MR) is 78.5 cm³/mol. The number of hydrogen-bond donors (Lipinski definition) is 0. The maximum atomic E-state index is 2.51. The third-order valence-electron chi connectivity index (χ3n) is 4.24. The van der Waals surface area contributed by atoms with E-state index in [-0.39, 0.29) is 0 Å². The molecule has 0 spiro atoms. The average Bonchev–Trinajstić information content (AvgIpc) is 2.35. The maximum absolute atomic E-state index is 2.51. The Labute approximate surface area is 106 Å². The third kappa shape index (κ3) is 3.83. The van der Waals surface area contributed by atoms with Crippen LogP contribution in [0.5, 0.6) is 0 Å². The summed E-state index contributed by atoms with van der Waals surface area (Å²) in [6, 6.07) is 0. The summed E-state index contributed by atoms with van der Waals surface area (Å²) < 4.78 is 1.83. The van der Waals surface area contributed by atoms with Gasteiger partial charge in [0.2, 0.25) is 0 Å². The van der Waals surface area contributed by atoms with Crippen LogP contribution in [-0.2, 0) is 0 Å². The van der Waals surface area contributed by atoms with Crippen molar-refractivity contribution in [2.24, 2.45) is 0 Å². The molecule has 0 fully saturated rings. The van der Waals surface area contributed by atoms with E-state index < -0.39 is 13.3 Å². The molecule has 0 aromatic heterocycles. The molecular weight excluding hydrogens is 255 g/mol. The van der Waals surface area contributed by atoms with Gasteiger partial charge in [0, 0.05) is 0 Å². The molecule has 0 atom stereocenters. The summed E-state index contributed by atoms with van der Waals surface area (Å²) in [4.78, 5) is 2.47. The van der Waals surface area contributed by atoms with Gasteiger partial charge in [0.25, 0.3) is 0 Å². The molecule has 0 radical (unpaired) electrons. The standard InChI is InChI=1S/C14H31GeN/c1-7-14(13-16(11-5)12-6)15(8-2,9-3)10-4/h13H,7-12H2,1-6H3/b14-13+. The van der Waals surface area contributed by atoms with Crippen molar-refractivity contribution in [2.75, 3.05) is 13.1 Å². The van der Waals surface area contributed by atoms with Crippen LogP contribution >= 0.6 is 0 Å². The first-order chi connectivity index (χ1) is 7.63. The van der Waals surface area contributed by atoms with Gasteiger partial charge in [-0.1, -0.05) is 0 Å². The molecule has 0 aliphatic rings. The van der Waals surface area contributed by atoms with Crippen LogP contribution in [0.1, 0.15) is 48.0 Å². The van der Waals surface area contributed by atoms with E-state index in [1.807, 2.05) is 4.41 Å². The van der Waals surface area contributed by atoms with Crippen LogP contribution in [0.25, 0.3) is 0 Å². The zero-order valence-electron chi connectivity index (χ0n) is 12.3. The van der Waals surface area contributed by atoms with Gasteiger partial charge in [-0.15, -0.1) is 0 Å². The fourth-order valence-corrected chi connectivity index (χ4v) is 11.2. The van der Waals surface area contributed by atoms with Crippen molar-refractivity contribution in [1.82, 2.24) is 4.90 Å². The molecule has 16 heavy (non-hydrogen) atoms. The SMILES string of the molecule is CC/[C](=C\N(CC)CC)[Ge]([CH2]C)([CH2]C)[CH2]C. The van der Waals surface area contributed by atoms with Crippen molar-refractivity contribution in [1.29, 1.82) is 0 Å². The van der Waals surface area contributed by atoms with Crippen LogP contribution < -0.4 is 0 Å². The Bertz CT molecular complexity index is 195. The van der Waals surface area contributed by atoms with E-state index in [1.54, 1.807) is 0 Å². The summed E-state index contributed by atoms with van der Waals surface area (Å²) in [5.41, 5.74) is 0. The van der Waals surface area contributed by atoms with Crippen molar-refractivity contribution in [2.45, 2.75) is 63.7 Å². The Morgan fingerprint density at radius 3 is 1.56 bits per heavy atom. The second kappa shape index (κ2) is 8.21. The van der Waals surface area contributed by atoms with Gasteiger partial charge in [-0.25, -0.2) is 0 Å². The molecule has 0 aliphatic carbocycles. The zero-order valence-corrected chi connectivity index (χ0v) is 14.4. The molecule has 0 aromatic carbocycles. The van der Waals surface area contributed by atoms with Crippen LogP contribution in [-0.4, -0.2) is 31.3 Å². The molecule has 1 nitrogen and oxygen atoms in total. The van der Waals surface area contributed by atoms with Gasteiger partial charge in [0.1, 0.15) is 0 Å². The van der Waals surface area contributed by atoms with Gasteiger partial charge in [-0.3, -0.25) is 0 Å². The van der Waals surface area contributed by atoms with Gasteiger partial charge >= 0.3 is 106 Å². The van der Waals surface area contributed by atoms with Crippen molar-refractivity contribution in [3.05, 3.63) is 10.6 Å². The molecule has 0 saturated carbocycles. The van der Waals surface area contributed by atoms with Gasteiger partial charge in [0.15, 0.2) is 0 Å². The zero-order chi connectivity index (χ0) is 12.6. The quantitative estimate of drug-likeness (QED) is 0.586. The number of allylic oxidation sites excluding steroid dienone is 1. The minimum absolute atomic E-state index is 1.15. The fourth-order valence-electron chi connectivity index (χ4n) is 2.66. The average molecular weight is 286 g/mol. The normalized spacial score (nSPS) is 13.0. The van der Waals surface area contributed by atoms with E-state index in [1.165, 1.54) is 22.2 Å². The van der Waals surface area contributed by atoms with Gasteiger partial charge in [-0.2, -0.15) is 0 Å². The summed E-state index contributed by atoms with van der Waals surface area (Å²) in [6.07, 6.45) is 3.78. The van der Waals surface area contributed by atoms with E-state index in [0.29, 0.717) is 0 Å². The van der Waals surface area contributed by atoms with E-state index in [0.717, 1.165) is 13.1 Å². The molecule has 0 amide bonds. The molecule has 0 N–H and O–H groups in total. The molecule has 0 aromatic rings. The molecule has 0 saturated heterocycles. The van der Waals surface area contributed by atoms with Crippen LogP contribution in [0.2, 0.25) is 15.8 Å². The van der Waals surface area contributed by atoms with Crippen molar-refractivity contribution >= 4 is 13.3 Å². The molecule has 0 heterocycles. The first-order valence-corrected chi connectivity index (χ1v) is 12.6. The minimum atomic E-state index is -1.67. The van der Waals surface area contributed by atoms with Crippen molar-refractivity contribution in [3.63, 3.8) is 0 Å². The second-order valence-electron chi connectivity index (χ2n) is 4.57. The molecule has 96 valence electrons.